The molecule has 18 heavy (non-hydrogen) atoms. The van der Waals surface area contributed by atoms with Crippen molar-refractivity contribution in [2.75, 3.05) is 13.1 Å². The van der Waals surface area contributed by atoms with Gasteiger partial charge in [-0.15, -0.1) is 0 Å². The average molecular weight is 332 g/mol. The molecule has 1 rings (SSSR count). The molecule has 1 aromatic rings. The Morgan fingerprint density at radius 1 is 1.50 bits per heavy atom. The number of halogens is 2. The van der Waals surface area contributed by atoms with Gasteiger partial charge in [-0.25, -0.2) is 4.79 Å². The predicted octanol–water partition coefficient (Wildman–Crippen LogP) is 3.78. The minimum atomic E-state index is -0.127. The monoisotopic (exact) mass is 330 g/mol. The molecule has 0 fully saturated rings. The van der Waals surface area contributed by atoms with Crippen LogP contribution in [0.2, 0.25) is 5.02 Å². The van der Waals surface area contributed by atoms with Gasteiger partial charge in [0.2, 0.25) is 0 Å². The lowest BCUT2D eigenvalue weighted by molar-refractivity contribution is 0.199. The third-order valence-corrected chi connectivity index (χ3v) is 3.07. The van der Waals surface area contributed by atoms with Gasteiger partial charge >= 0.3 is 6.03 Å². The van der Waals surface area contributed by atoms with Crippen molar-refractivity contribution in [2.24, 2.45) is 0 Å². The Morgan fingerprint density at radius 3 is 2.72 bits per heavy atom. The molecule has 0 unspecified atom stereocenters. The van der Waals surface area contributed by atoms with Crippen LogP contribution in [-0.2, 0) is 6.54 Å². The Kier molecular flexibility index (Phi) is 6.22. The van der Waals surface area contributed by atoms with E-state index >= 15 is 0 Å². The molecule has 2 amide bonds. The van der Waals surface area contributed by atoms with Gasteiger partial charge in [-0.3, -0.25) is 0 Å². The van der Waals surface area contributed by atoms with Gasteiger partial charge in [-0.05, 0) is 18.6 Å². The summed E-state index contributed by atoms with van der Waals surface area (Å²) in [5, 5.41) is 3.44. The normalized spacial score (nSPS) is 9.94. The SMILES string of the molecule is C=C(Br)CNC(=O)N(CC)Cc1ccccc1Cl. The molecule has 1 N–H and O–H groups in total. The summed E-state index contributed by atoms with van der Waals surface area (Å²) in [7, 11) is 0. The molecule has 0 aliphatic heterocycles. The average Bonchev–Trinajstić information content (AvgIpc) is 2.35. The zero-order chi connectivity index (χ0) is 13.5. The number of nitrogens with zero attached hydrogens (tertiary/aromatic N) is 1. The van der Waals surface area contributed by atoms with E-state index in [2.05, 4.69) is 27.8 Å². The van der Waals surface area contributed by atoms with Crippen molar-refractivity contribution >= 4 is 33.6 Å². The fourth-order valence-corrected chi connectivity index (χ4v) is 1.78. The van der Waals surface area contributed by atoms with Gasteiger partial charge in [0.05, 0.1) is 6.54 Å². The van der Waals surface area contributed by atoms with Gasteiger partial charge in [0.1, 0.15) is 0 Å². The molecule has 0 aliphatic rings. The van der Waals surface area contributed by atoms with Crippen molar-refractivity contribution in [3.63, 3.8) is 0 Å². The number of urea groups is 1. The van der Waals surface area contributed by atoms with E-state index in [9.17, 15) is 4.79 Å². The number of hydrogen-bond donors (Lipinski definition) is 1. The number of carbonyl (C=O) groups excluding carboxylic acids is 1. The van der Waals surface area contributed by atoms with Crippen molar-refractivity contribution in [1.82, 2.24) is 10.2 Å². The van der Waals surface area contributed by atoms with Crippen molar-refractivity contribution in [3.05, 3.63) is 45.9 Å². The Hall–Kier alpha value is -1.00. The fourth-order valence-electron chi connectivity index (χ4n) is 1.44. The van der Waals surface area contributed by atoms with E-state index in [1.807, 2.05) is 31.2 Å². The largest absolute Gasteiger partial charge is 0.333 e. The third-order valence-electron chi connectivity index (χ3n) is 2.42. The van der Waals surface area contributed by atoms with E-state index in [-0.39, 0.29) is 6.03 Å². The van der Waals surface area contributed by atoms with Gasteiger partial charge in [0.25, 0.3) is 0 Å². The standard InChI is InChI=1S/C13H16BrClN2O/c1-3-17(13(18)16-8-10(2)14)9-11-6-4-5-7-12(11)15/h4-7H,2-3,8-9H2,1H3,(H,16,18). The zero-order valence-electron chi connectivity index (χ0n) is 10.2. The maximum Gasteiger partial charge on any atom is 0.317 e. The highest BCUT2D eigenvalue weighted by Crippen LogP contribution is 2.16. The molecular formula is C13H16BrClN2O. The van der Waals surface area contributed by atoms with Crippen molar-refractivity contribution < 1.29 is 4.79 Å². The summed E-state index contributed by atoms with van der Waals surface area (Å²) in [6.07, 6.45) is 0. The maximum atomic E-state index is 11.9. The molecule has 5 heteroatoms. The fraction of sp³-hybridized carbons (Fsp3) is 0.308. The van der Waals surface area contributed by atoms with Crippen LogP contribution in [0.1, 0.15) is 12.5 Å². The molecule has 1 aromatic carbocycles. The van der Waals surface area contributed by atoms with Crippen LogP contribution >= 0.6 is 27.5 Å². The Morgan fingerprint density at radius 2 is 2.17 bits per heavy atom. The summed E-state index contributed by atoms with van der Waals surface area (Å²) in [6.45, 7) is 7.13. The summed E-state index contributed by atoms with van der Waals surface area (Å²) in [5.41, 5.74) is 0.939. The number of nitrogens with one attached hydrogen (secondary N) is 1. The summed E-state index contributed by atoms with van der Waals surface area (Å²) in [4.78, 5) is 13.6. The van der Waals surface area contributed by atoms with Gasteiger partial charge in [0, 0.05) is 22.6 Å². The number of benzene rings is 1. The molecule has 0 saturated heterocycles. The third kappa shape index (κ3) is 4.70. The zero-order valence-corrected chi connectivity index (χ0v) is 12.6. The molecule has 0 radical (unpaired) electrons. The Balaban J connectivity index is 2.64. The lowest BCUT2D eigenvalue weighted by Crippen LogP contribution is -2.39. The van der Waals surface area contributed by atoms with Crippen LogP contribution in [0.4, 0.5) is 4.79 Å². The van der Waals surface area contributed by atoms with Crippen molar-refractivity contribution in [1.29, 1.82) is 0 Å². The summed E-state index contributed by atoms with van der Waals surface area (Å²) in [6, 6.07) is 7.40. The highest BCUT2D eigenvalue weighted by atomic mass is 79.9. The van der Waals surface area contributed by atoms with Crippen molar-refractivity contribution in [3.8, 4) is 0 Å². The molecule has 0 atom stereocenters. The molecule has 0 aliphatic carbocycles. The molecule has 0 spiro atoms. The first-order valence-electron chi connectivity index (χ1n) is 5.64. The van der Waals surface area contributed by atoms with E-state index in [4.69, 9.17) is 11.6 Å². The van der Waals surface area contributed by atoms with Crippen LogP contribution in [0.3, 0.4) is 0 Å². The second-order valence-electron chi connectivity index (χ2n) is 3.78. The van der Waals surface area contributed by atoms with Crippen LogP contribution in [0.25, 0.3) is 0 Å². The molecule has 0 saturated carbocycles. The van der Waals surface area contributed by atoms with E-state index in [0.717, 1.165) is 10.0 Å². The molecule has 0 aromatic heterocycles. The summed E-state index contributed by atoms with van der Waals surface area (Å²) < 4.78 is 0.740. The van der Waals surface area contributed by atoms with Gasteiger partial charge in [-0.1, -0.05) is 52.3 Å². The van der Waals surface area contributed by atoms with E-state index in [0.29, 0.717) is 24.7 Å². The van der Waals surface area contributed by atoms with Crippen LogP contribution in [0.15, 0.2) is 35.3 Å². The van der Waals surface area contributed by atoms with E-state index < -0.39 is 0 Å². The lowest BCUT2D eigenvalue weighted by Gasteiger charge is -2.22. The summed E-state index contributed by atoms with van der Waals surface area (Å²) >= 11 is 9.28. The van der Waals surface area contributed by atoms with Crippen molar-refractivity contribution in [2.45, 2.75) is 13.5 Å². The quantitative estimate of drug-likeness (QED) is 0.875. The number of rotatable bonds is 5. The maximum absolute atomic E-state index is 11.9. The van der Waals surface area contributed by atoms with Gasteiger partial charge in [-0.2, -0.15) is 0 Å². The van der Waals surface area contributed by atoms with E-state index in [1.54, 1.807) is 4.90 Å². The van der Waals surface area contributed by atoms with Gasteiger partial charge < -0.3 is 10.2 Å². The lowest BCUT2D eigenvalue weighted by atomic mass is 10.2. The number of hydrogen-bond acceptors (Lipinski definition) is 1. The number of carbonyl (C=O) groups is 1. The second-order valence-corrected chi connectivity index (χ2v) is 5.31. The van der Waals surface area contributed by atoms with Gasteiger partial charge in [0.15, 0.2) is 0 Å². The topological polar surface area (TPSA) is 32.3 Å². The first-order valence-corrected chi connectivity index (χ1v) is 6.81. The molecule has 3 nitrogen and oxygen atoms in total. The van der Waals surface area contributed by atoms with Crippen LogP contribution < -0.4 is 5.32 Å². The minimum absolute atomic E-state index is 0.127. The molecule has 0 heterocycles. The smallest absolute Gasteiger partial charge is 0.317 e. The van der Waals surface area contributed by atoms with Crippen LogP contribution in [0.5, 0.6) is 0 Å². The first-order chi connectivity index (χ1) is 8.54. The summed E-state index contributed by atoms with van der Waals surface area (Å²) in [5.74, 6) is 0. The Labute approximate surface area is 121 Å². The highest BCUT2D eigenvalue weighted by molar-refractivity contribution is 9.11. The predicted molar refractivity (Wildman–Crippen MR) is 79.0 cm³/mol. The van der Waals surface area contributed by atoms with Crippen LogP contribution in [-0.4, -0.2) is 24.0 Å². The van der Waals surface area contributed by atoms with Crippen LogP contribution in [0, 0.1) is 0 Å². The van der Waals surface area contributed by atoms with E-state index in [1.165, 1.54) is 0 Å². The molecular weight excluding hydrogens is 316 g/mol. The Bertz CT molecular complexity index is 437. The second kappa shape index (κ2) is 7.44. The molecule has 0 bridgehead atoms. The minimum Gasteiger partial charge on any atom is -0.333 e. The highest BCUT2D eigenvalue weighted by Gasteiger charge is 2.12. The number of amides is 2. The first kappa shape index (κ1) is 15.1. The molecule has 98 valence electrons.